The van der Waals surface area contributed by atoms with E-state index in [9.17, 15) is 0 Å². The molecular weight excluding hydrogens is 254 g/mol. The molecule has 1 heteroatoms. The Morgan fingerprint density at radius 1 is 1.05 bits per heavy atom. The summed E-state index contributed by atoms with van der Waals surface area (Å²) in [5, 5.41) is 3.28. The fourth-order valence-corrected chi connectivity index (χ4v) is 2.27. The maximum atomic E-state index is 3.80. The lowest BCUT2D eigenvalue weighted by Gasteiger charge is -2.13. The highest BCUT2D eigenvalue weighted by molar-refractivity contribution is 5.81. The van der Waals surface area contributed by atoms with Crippen LogP contribution in [0.4, 0.5) is 0 Å². The number of hydrogen-bond donors (Lipinski definition) is 1. The van der Waals surface area contributed by atoms with Gasteiger partial charge in [-0.3, -0.25) is 0 Å². The van der Waals surface area contributed by atoms with Crippen molar-refractivity contribution in [3.63, 3.8) is 0 Å². The Morgan fingerprint density at radius 3 is 2.38 bits per heavy atom. The lowest BCUT2D eigenvalue weighted by Crippen LogP contribution is -2.05. The van der Waals surface area contributed by atoms with E-state index in [4.69, 9.17) is 0 Å². The second-order valence-electron chi connectivity index (χ2n) is 4.73. The second-order valence-corrected chi connectivity index (χ2v) is 4.73. The maximum absolute atomic E-state index is 3.80. The van der Waals surface area contributed by atoms with Crippen molar-refractivity contribution in [2.45, 2.75) is 6.92 Å². The van der Waals surface area contributed by atoms with Gasteiger partial charge in [-0.2, -0.15) is 0 Å². The third-order valence-corrected chi connectivity index (χ3v) is 3.40. The van der Waals surface area contributed by atoms with Crippen LogP contribution in [0, 0.1) is 0 Å². The van der Waals surface area contributed by atoms with Crippen molar-refractivity contribution >= 4 is 11.8 Å². The Bertz CT molecular complexity index is 660. The molecular formula is C20H21N. The van der Waals surface area contributed by atoms with E-state index in [1.165, 1.54) is 16.7 Å². The van der Waals surface area contributed by atoms with Crippen LogP contribution in [0.5, 0.6) is 0 Å². The summed E-state index contributed by atoms with van der Waals surface area (Å²) in [4.78, 5) is 0. The van der Waals surface area contributed by atoms with Crippen molar-refractivity contribution < 1.29 is 0 Å². The van der Waals surface area contributed by atoms with Crippen LogP contribution < -0.4 is 5.32 Å². The predicted octanol–water partition coefficient (Wildman–Crippen LogP) is 5.13. The molecule has 1 N–H and O–H groups in total. The molecule has 0 heterocycles. The van der Waals surface area contributed by atoms with Gasteiger partial charge in [-0.05, 0) is 29.7 Å². The van der Waals surface area contributed by atoms with Gasteiger partial charge in [0.25, 0.3) is 0 Å². The standard InChI is InChI=1S/C20H21N/c1-4-6-11-20(21-3)19-10-8-7-9-18(19)17-14-12-16(5-2)13-15-17/h4-15,21H,2H2,1,3H3/b6-4-,20-11-. The van der Waals surface area contributed by atoms with Gasteiger partial charge in [-0.15, -0.1) is 0 Å². The fourth-order valence-electron chi connectivity index (χ4n) is 2.27. The van der Waals surface area contributed by atoms with E-state index in [2.05, 4.69) is 66.5 Å². The summed E-state index contributed by atoms with van der Waals surface area (Å²) in [6.45, 7) is 5.82. The van der Waals surface area contributed by atoms with Crippen molar-refractivity contribution in [1.29, 1.82) is 0 Å². The lowest BCUT2D eigenvalue weighted by atomic mass is 9.96. The topological polar surface area (TPSA) is 12.0 Å². The van der Waals surface area contributed by atoms with E-state index in [0.29, 0.717) is 0 Å². The Morgan fingerprint density at radius 2 is 1.76 bits per heavy atom. The molecule has 2 aromatic carbocycles. The normalized spacial score (nSPS) is 11.6. The summed E-state index contributed by atoms with van der Waals surface area (Å²) in [6, 6.07) is 16.9. The van der Waals surface area contributed by atoms with E-state index in [0.717, 1.165) is 11.3 Å². The van der Waals surface area contributed by atoms with E-state index < -0.39 is 0 Å². The summed E-state index contributed by atoms with van der Waals surface area (Å²) in [6.07, 6.45) is 8.03. The molecule has 2 aromatic rings. The molecule has 1 nitrogen and oxygen atoms in total. The highest BCUT2D eigenvalue weighted by Crippen LogP contribution is 2.28. The molecule has 2 rings (SSSR count). The Hall–Kier alpha value is -2.54. The molecule has 0 aliphatic rings. The minimum absolute atomic E-state index is 1.11. The van der Waals surface area contributed by atoms with Crippen molar-refractivity contribution in [2.24, 2.45) is 0 Å². The molecule has 0 aromatic heterocycles. The Balaban J connectivity index is 2.51. The van der Waals surface area contributed by atoms with Gasteiger partial charge in [-0.1, -0.05) is 73.3 Å². The average Bonchev–Trinajstić information content (AvgIpc) is 2.56. The van der Waals surface area contributed by atoms with Gasteiger partial charge >= 0.3 is 0 Å². The average molecular weight is 275 g/mol. The van der Waals surface area contributed by atoms with Gasteiger partial charge in [0.15, 0.2) is 0 Å². The van der Waals surface area contributed by atoms with Gasteiger partial charge in [0, 0.05) is 18.3 Å². The van der Waals surface area contributed by atoms with Crippen LogP contribution in [0.2, 0.25) is 0 Å². The highest BCUT2D eigenvalue weighted by atomic mass is 14.8. The zero-order valence-corrected chi connectivity index (χ0v) is 12.6. The van der Waals surface area contributed by atoms with Gasteiger partial charge in [0.2, 0.25) is 0 Å². The van der Waals surface area contributed by atoms with E-state index in [-0.39, 0.29) is 0 Å². The molecule has 0 unspecified atom stereocenters. The molecule has 0 spiro atoms. The Kier molecular flexibility index (Phi) is 5.16. The Labute approximate surface area is 127 Å². The predicted molar refractivity (Wildman–Crippen MR) is 93.8 cm³/mol. The molecule has 0 aliphatic carbocycles. The number of hydrogen-bond acceptors (Lipinski definition) is 1. The van der Waals surface area contributed by atoms with E-state index in [1.807, 2.05) is 32.2 Å². The molecule has 0 amide bonds. The summed E-state index contributed by atoms with van der Waals surface area (Å²) in [5.41, 5.74) is 5.87. The van der Waals surface area contributed by atoms with Crippen LogP contribution in [-0.2, 0) is 0 Å². The zero-order chi connectivity index (χ0) is 15.1. The zero-order valence-electron chi connectivity index (χ0n) is 12.6. The first-order valence-corrected chi connectivity index (χ1v) is 7.13. The summed E-state index contributed by atoms with van der Waals surface area (Å²) in [7, 11) is 1.95. The number of rotatable bonds is 5. The summed E-state index contributed by atoms with van der Waals surface area (Å²) in [5.74, 6) is 0. The van der Waals surface area contributed by atoms with Crippen LogP contribution >= 0.6 is 0 Å². The van der Waals surface area contributed by atoms with Crippen molar-refractivity contribution in [3.05, 3.63) is 84.5 Å². The molecule has 21 heavy (non-hydrogen) atoms. The van der Waals surface area contributed by atoms with Crippen LogP contribution in [0.15, 0.2) is 73.3 Å². The van der Waals surface area contributed by atoms with Crippen LogP contribution in [0.3, 0.4) is 0 Å². The molecule has 0 saturated heterocycles. The molecule has 0 bridgehead atoms. The molecule has 0 fully saturated rings. The third-order valence-electron chi connectivity index (χ3n) is 3.40. The molecule has 0 saturated carbocycles. The fraction of sp³-hybridized carbons (Fsp3) is 0.100. The van der Waals surface area contributed by atoms with Crippen LogP contribution in [0.1, 0.15) is 18.1 Å². The minimum atomic E-state index is 1.11. The smallest absolute Gasteiger partial charge is 0.0417 e. The summed E-state index contributed by atoms with van der Waals surface area (Å²) >= 11 is 0. The summed E-state index contributed by atoms with van der Waals surface area (Å²) < 4.78 is 0. The highest BCUT2D eigenvalue weighted by Gasteiger charge is 2.07. The van der Waals surface area contributed by atoms with E-state index in [1.54, 1.807) is 0 Å². The molecule has 0 radical (unpaired) electrons. The van der Waals surface area contributed by atoms with Gasteiger partial charge in [-0.25, -0.2) is 0 Å². The number of allylic oxidation sites excluding steroid dienone is 3. The molecule has 106 valence electrons. The van der Waals surface area contributed by atoms with Gasteiger partial charge < -0.3 is 5.32 Å². The first-order valence-electron chi connectivity index (χ1n) is 7.13. The van der Waals surface area contributed by atoms with Crippen LogP contribution in [-0.4, -0.2) is 7.05 Å². The first-order chi connectivity index (χ1) is 10.3. The lowest BCUT2D eigenvalue weighted by molar-refractivity contribution is 1.13. The first kappa shape index (κ1) is 14.9. The molecule has 0 atom stereocenters. The van der Waals surface area contributed by atoms with Crippen LogP contribution in [0.25, 0.3) is 22.9 Å². The van der Waals surface area contributed by atoms with Gasteiger partial charge in [0.05, 0.1) is 0 Å². The maximum Gasteiger partial charge on any atom is 0.0417 e. The largest absolute Gasteiger partial charge is 0.388 e. The van der Waals surface area contributed by atoms with Crippen molar-refractivity contribution in [1.82, 2.24) is 5.32 Å². The molecule has 0 aliphatic heterocycles. The van der Waals surface area contributed by atoms with Crippen molar-refractivity contribution in [2.75, 3.05) is 7.05 Å². The van der Waals surface area contributed by atoms with E-state index >= 15 is 0 Å². The number of nitrogens with one attached hydrogen (secondary N) is 1. The van der Waals surface area contributed by atoms with Crippen molar-refractivity contribution in [3.8, 4) is 11.1 Å². The minimum Gasteiger partial charge on any atom is -0.388 e. The monoisotopic (exact) mass is 275 g/mol. The third kappa shape index (κ3) is 3.51. The quantitative estimate of drug-likeness (QED) is 0.746. The SMILES string of the molecule is C=Cc1ccc(-c2ccccc2/C(=C/C=C\C)NC)cc1. The number of benzene rings is 2. The second kappa shape index (κ2) is 7.30. The van der Waals surface area contributed by atoms with Gasteiger partial charge in [0.1, 0.15) is 0 Å².